The molecule has 0 aromatic rings. The van der Waals surface area contributed by atoms with Gasteiger partial charge in [-0.1, -0.05) is 18.2 Å². The first-order valence-electron chi connectivity index (χ1n) is 4.73. The standard InChI is InChI=1S/C11H12NO2.U.V.Y/c1-6-3-8-10(4-6)12-7(2)9(5-13)11(8)14;;;/h3-4,6,8,10,12H,1-2H3;;;/q-3;;;. The Balaban J connectivity index is 0. The predicted molar refractivity (Wildman–Crippen MR) is 51.6 cm³/mol. The third kappa shape index (κ3) is 4.30. The third-order valence-corrected chi connectivity index (χ3v) is 2.82. The van der Waals surface area contributed by atoms with E-state index in [1.807, 2.05) is 13.3 Å². The summed E-state index contributed by atoms with van der Waals surface area (Å²) in [4.78, 5) is 22.4. The summed E-state index contributed by atoms with van der Waals surface area (Å²) in [7, 11) is 0. The van der Waals surface area contributed by atoms with Crippen LogP contribution < -0.4 is 5.32 Å². The molecule has 1 aliphatic carbocycles. The van der Waals surface area contributed by atoms with Gasteiger partial charge in [0.1, 0.15) is 0 Å². The van der Waals surface area contributed by atoms with Gasteiger partial charge in [-0.15, -0.1) is 13.0 Å². The Hall–Kier alpha value is 1.62. The molecular weight excluding hydrogens is 556 g/mol. The van der Waals surface area contributed by atoms with Crippen molar-refractivity contribution in [1.82, 2.24) is 5.32 Å². The third-order valence-electron chi connectivity index (χ3n) is 2.82. The van der Waals surface area contributed by atoms with Gasteiger partial charge in [0, 0.05) is 88.2 Å². The van der Waals surface area contributed by atoms with E-state index in [-0.39, 0.29) is 106 Å². The molecular formula is C11H12NO2UVY-3. The molecule has 2 radical (unpaired) electrons. The minimum atomic E-state index is -0.176. The van der Waals surface area contributed by atoms with Crippen LogP contribution >= 0.6 is 0 Å². The van der Waals surface area contributed by atoms with E-state index in [2.05, 4.69) is 11.7 Å². The topological polar surface area (TPSA) is 46.2 Å². The van der Waals surface area contributed by atoms with Gasteiger partial charge in [0.15, 0.2) is 0 Å². The number of ketones is 1. The van der Waals surface area contributed by atoms with Crippen molar-refractivity contribution < 1.29 is 92.0 Å². The molecule has 1 heterocycles. The fourth-order valence-corrected chi connectivity index (χ4v) is 2.15. The van der Waals surface area contributed by atoms with Crippen molar-refractivity contribution >= 4 is 12.1 Å². The van der Waals surface area contributed by atoms with Crippen molar-refractivity contribution in [3.63, 3.8) is 0 Å². The summed E-state index contributed by atoms with van der Waals surface area (Å²) in [6.07, 6.45) is 5.78. The zero-order valence-electron chi connectivity index (χ0n) is 9.73. The van der Waals surface area contributed by atoms with E-state index < -0.39 is 0 Å². The number of allylic oxidation sites excluding steroid dienone is 2. The molecule has 3 atom stereocenters. The Morgan fingerprint density at radius 2 is 1.94 bits per heavy atom. The van der Waals surface area contributed by atoms with Crippen molar-refractivity contribution in [1.29, 1.82) is 0 Å². The summed E-state index contributed by atoms with van der Waals surface area (Å²) in [5.41, 5.74) is 0.815. The molecule has 6 heteroatoms. The Labute approximate surface area is 163 Å². The van der Waals surface area contributed by atoms with E-state index in [1.54, 1.807) is 13.2 Å². The molecule has 0 saturated heterocycles. The number of carbonyl (C=O) groups is 1. The van der Waals surface area contributed by atoms with Crippen LogP contribution in [-0.4, -0.2) is 18.1 Å². The smallest absolute Gasteiger partial charge is 0.0676 e. The number of hydrogen-bond acceptors (Lipinski definition) is 3. The van der Waals surface area contributed by atoms with Crippen LogP contribution in [0, 0.1) is 55.8 Å². The monoisotopic (exact) mass is 568 g/mol. The Morgan fingerprint density at radius 3 is 2.47 bits per heavy atom. The van der Waals surface area contributed by atoms with Crippen molar-refractivity contribution in [2.45, 2.75) is 19.9 Å². The molecule has 3 unspecified atom stereocenters. The number of rotatable bonds is 1. The van der Waals surface area contributed by atoms with Gasteiger partial charge in [-0.2, -0.15) is 5.92 Å². The molecule has 1 fully saturated rings. The fourth-order valence-electron chi connectivity index (χ4n) is 2.15. The molecule has 2 rings (SSSR count). The first kappa shape index (κ1) is 20.9. The van der Waals surface area contributed by atoms with E-state index in [9.17, 15) is 9.59 Å². The first-order chi connectivity index (χ1) is 6.63. The van der Waals surface area contributed by atoms with Crippen LogP contribution in [0.5, 0.6) is 0 Å². The van der Waals surface area contributed by atoms with E-state index >= 15 is 0 Å². The minimum Gasteiger partial charge on any atom is -0.467 e. The van der Waals surface area contributed by atoms with Crippen LogP contribution in [0.25, 0.3) is 0 Å². The van der Waals surface area contributed by atoms with Gasteiger partial charge in [0.25, 0.3) is 0 Å². The number of hydrogen-bond donors (Lipinski definition) is 1. The summed E-state index contributed by atoms with van der Waals surface area (Å²) in [5.74, 6) is 0.0484. The Morgan fingerprint density at radius 1 is 1.35 bits per heavy atom. The molecule has 0 amide bonds. The summed E-state index contributed by atoms with van der Waals surface area (Å²) >= 11 is 0. The molecule has 2 aliphatic rings. The molecule has 0 aromatic carbocycles. The summed E-state index contributed by atoms with van der Waals surface area (Å²) in [6.45, 7) is 3.78. The van der Waals surface area contributed by atoms with Crippen molar-refractivity contribution in [3.8, 4) is 0 Å². The zero-order chi connectivity index (χ0) is 10.3. The number of fused-ring (bicyclic) bond motifs is 1. The number of nitrogens with one attached hydrogen (secondary N) is 1. The van der Waals surface area contributed by atoms with Gasteiger partial charge >= 0.3 is 0 Å². The maximum absolute atomic E-state index is 11.8. The maximum atomic E-state index is 11.8. The largest absolute Gasteiger partial charge is 0.467 e. The van der Waals surface area contributed by atoms with Crippen molar-refractivity contribution in [2.75, 3.05) is 0 Å². The Kier molecular flexibility index (Phi) is 10.7. The molecule has 1 saturated carbocycles. The number of Topliss-reactive ketones (excluding diaryl/α,β-unsaturated/α-hetero) is 1. The van der Waals surface area contributed by atoms with E-state index in [4.69, 9.17) is 0 Å². The maximum Gasteiger partial charge on any atom is 0.0676 e. The molecule has 17 heavy (non-hydrogen) atoms. The van der Waals surface area contributed by atoms with Crippen molar-refractivity contribution in [2.24, 2.45) is 11.8 Å². The SMILES string of the molecule is CC1=C([C-]=O)C(=O)C2[CH-]C(C)[CH-]C2N1.[U].[V].[Y]. The summed E-state index contributed by atoms with van der Waals surface area (Å²) in [6, 6.07) is 0.0644. The van der Waals surface area contributed by atoms with Gasteiger partial charge in [-0.25, -0.2) is 0 Å². The van der Waals surface area contributed by atoms with Crippen LogP contribution in [0.2, 0.25) is 0 Å². The van der Waals surface area contributed by atoms with Gasteiger partial charge in [0.05, 0.1) is 6.29 Å². The minimum absolute atomic E-state index is 0. The zero-order valence-corrected chi connectivity index (χ0v) is 18.1. The molecule has 0 spiro atoms. The van der Waals surface area contributed by atoms with Crippen LogP contribution in [0.4, 0.5) is 0 Å². The van der Waals surface area contributed by atoms with Crippen LogP contribution in [-0.2, 0) is 60.9 Å². The molecule has 1 aliphatic heterocycles. The molecule has 3 nitrogen and oxygen atoms in total. The van der Waals surface area contributed by atoms with E-state index in [0.29, 0.717) is 11.6 Å². The van der Waals surface area contributed by atoms with Gasteiger partial charge < -0.3 is 33.7 Å². The molecule has 88 valence electrons. The normalized spacial score (nSPS) is 30.2. The molecule has 0 bridgehead atoms. The number of carbonyl (C=O) groups excluding carboxylic acids is 2. The molecule has 1 N–H and O–H groups in total. The summed E-state index contributed by atoms with van der Waals surface area (Å²) < 4.78 is 0. The van der Waals surface area contributed by atoms with Crippen LogP contribution in [0.1, 0.15) is 13.8 Å². The Bertz CT molecular complexity index is 335. The average molecular weight is 568 g/mol. The van der Waals surface area contributed by atoms with Gasteiger partial charge in [-0.3, -0.25) is 0 Å². The predicted octanol–water partition coefficient (Wildman–Crippen LogP) is 0.580. The quantitative estimate of drug-likeness (QED) is 0.373. The van der Waals surface area contributed by atoms with Crippen molar-refractivity contribution in [3.05, 3.63) is 24.1 Å². The fraction of sp³-hybridized carbons (Fsp3) is 0.455. The summed E-state index contributed by atoms with van der Waals surface area (Å²) in [5, 5.41) is 3.15. The first-order valence-corrected chi connectivity index (χ1v) is 4.73. The second-order valence-corrected chi connectivity index (χ2v) is 3.91. The molecule has 0 aromatic heterocycles. The van der Waals surface area contributed by atoms with Crippen LogP contribution in [0.15, 0.2) is 11.3 Å². The van der Waals surface area contributed by atoms with Crippen LogP contribution in [0.3, 0.4) is 0 Å². The van der Waals surface area contributed by atoms with Gasteiger partial charge in [-0.05, 0) is 0 Å². The second kappa shape index (κ2) is 8.72. The van der Waals surface area contributed by atoms with E-state index in [1.165, 1.54) is 0 Å². The van der Waals surface area contributed by atoms with E-state index in [0.717, 1.165) is 0 Å². The second-order valence-electron chi connectivity index (χ2n) is 3.91. The average Bonchev–Trinajstić information content (AvgIpc) is 2.47. The van der Waals surface area contributed by atoms with Gasteiger partial charge in [0.2, 0.25) is 0 Å².